The lowest BCUT2D eigenvalue weighted by Gasteiger charge is -2.29. The highest BCUT2D eigenvalue weighted by atomic mass is 32.2. The molecule has 0 aliphatic heterocycles. The van der Waals surface area contributed by atoms with Crippen molar-refractivity contribution < 1.29 is 22.0 Å². The van der Waals surface area contributed by atoms with Gasteiger partial charge in [-0.05, 0) is 56.9 Å². The van der Waals surface area contributed by atoms with Gasteiger partial charge in [0.1, 0.15) is 0 Å². The minimum atomic E-state index is -2.14. The molecule has 0 fully saturated rings. The second kappa shape index (κ2) is 5.41. The van der Waals surface area contributed by atoms with Crippen molar-refractivity contribution >= 4 is 11.8 Å². The lowest BCUT2D eigenvalue weighted by Crippen LogP contribution is -2.22. The van der Waals surface area contributed by atoms with Gasteiger partial charge in [-0.2, -0.15) is 0 Å². The minimum absolute atomic E-state index is 0.655. The van der Waals surface area contributed by atoms with Gasteiger partial charge in [-0.3, -0.25) is 0 Å². The SMILES string of the molecule is CC1=C(C)C(C)(Sc2c(F)c(F)c(F)c(F)c2F)C(C)=C1C. The Morgan fingerprint density at radius 1 is 0.636 bits per heavy atom. The van der Waals surface area contributed by atoms with Gasteiger partial charge < -0.3 is 0 Å². The summed E-state index contributed by atoms with van der Waals surface area (Å²) in [6.45, 7) is 9.07. The number of hydrogen-bond acceptors (Lipinski definition) is 1. The number of hydrogen-bond donors (Lipinski definition) is 0. The molecule has 0 spiro atoms. The Hall–Kier alpha value is -1.30. The molecule has 6 heteroatoms. The fourth-order valence-corrected chi connectivity index (χ4v) is 3.97. The summed E-state index contributed by atoms with van der Waals surface area (Å²) in [6, 6.07) is 0. The van der Waals surface area contributed by atoms with Crippen LogP contribution in [0.25, 0.3) is 0 Å². The number of rotatable bonds is 2. The first-order chi connectivity index (χ1) is 10.0. The number of halogens is 5. The number of benzene rings is 1. The summed E-state index contributed by atoms with van der Waals surface area (Å²) < 4.78 is 66.8. The quantitative estimate of drug-likeness (QED) is 0.367. The summed E-state index contributed by atoms with van der Waals surface area (Å²) in [6.07, 6.45) is 0. The predicted molar refractivity (Wildman–Crippen MR) is 77.2 cm³/mol. The summed E-state index contributed by atoms with van der Waals surface area (Å²) in [5.41, 5.74) is 3.63. The summed E-state index contributed by atoms with van der Waals surface area (Å²) in [4.78, 5) is -0.847. The standard InChI is InChI=1S/C16H15F5S/c1-6-7(2)9(4)16(5,8(6)3)22-15-13(20)11(18)10(17)12(19)14(15)21/h1-5H3. The van der Waals surface area contributed by atoms with E-state index in [2.05, 4.69) is 0 Å². The Morgan fingerprint density at radius 2 is 0.955 bits per heavy atom. The Morgan fingerprint density at radius 3 is 1.32 bits per heavy atom. The topological polar surface area (TPSA) is 0 Å². The van der Waals surface area contributed by atoms with Crippen molar-refractivity contribution in [3.63, 3.8) is 0 Å². The monoisotopic (exact) mass is 334 g/mol. The Bertz CT molecular complexity index is 678. The molecule has 1 aliphatic rings. The maximum absolute atomic E-state index is 13.9. The van der Waals surface area contributed by atoms with Gasteiger partial charge in [0.25, 0.3) is 0 Å². The molecule has 22 heavy (non-hydrogen) atoms. The largest absolute Gasteiger partial charge is 0.202 e. The van der Waals surface area contributed by atoms with Gasteiger partial charge in [-0.15, -0.1) is 11.8 Å². The molecular formula is C16H15F5S. The predicted octanol–water partition coefficient (Wildman–Crippen LogP) is 5.92. The molecule has 0 heterocycles. The van der Waals surface area contributed by atoms with Gasteiger partial charge in [0.2, 0.25) is 5.82 Å². The van der Waals surface area contributed by atoms with Gasteiger partial charge in [0, 0.05) is 0 Å². The van der Waals surface area contributed by atoms with Crippen LogP contribution < -0.4 is 0 Å². The molecule has 1 aromatic carbocycles. The van der Waals surface area contributed by atoms with Gasteiger partial charge in [0.15, 0.2) is 23.3 Å². The van der Waals surface area contributed by atoms with Crippen molar-refractivity contribution in [3.8, 4) is 0 Å². The van der Waals surface area contributed by atoms with E-state index in [4.69, 9.17) is 0 Å². The molecular weight excluding hydrogens is 319 g/mol. The molecule has 1 aromatic rings. The van der Waals surface area contributed by atoms with Crippen LogP contribution in [0.15, 0.2) is 27.2 Å². The van der Waals surface area contributed by atoms with E-state index in [1.54, 1.807) is 20.8 Å². The van der Waals surface area contributed by atoms with E-state index in [1.165, 1.54) is 0 Å². The van der Waals surface area contributed by atoms with Crippen molar-refractivity contribution in [2.24, 2.45) is 0 Å². The minimum Gasteiger partial charge on any atom is -0.202 e. The van der Waals surface area contributed by atoms with Gasteiger partial charge in [-0.25, -0.2) is 22.0 Å². The van der Waals surface area contributed by atoms with Crippen LogP contribution in [-0.2, 0) is 0 Å². The van der Waals surface area contributed by atoms with E-state index in [1.807, 2.05) is 13.8 Å². The maximum atomic E-state index is 13.9. The van der Waals surface area contributed by atoms with Crippen LogP contribution in [0, 0.1) is 29.1 Å². The van der Waals surface area contributed by atoms with Crippen molar-refractivity contribution in [2.75, 3.05) is 0 Å². The first-order valence-electron chi connectivity index (χ1n) is 6.60. The van der Waals surface area contributed by atoms with Crippen LogP contribution in [-0.4, -0.2) is 4.75 Å². The van der Waals surface area contributed by atoms with Crippen LogP contribution in [0.5, 0.6) is 0 Å². The van der Waals surface area contributed by atoms with E-state index >= 15 is 0 Å². The van der Waals surface area contributed by atoms with Crippen molar-refractivity contribution in [1.82, 2.24) is 0 Å². The molecule has 0 radical (unpaired) electrons. The van der Waals surface area contributed by atoms with Crippen LogP contribution in [0.2, 0.25) is 0 Å². The molecule has 0 N–H and O–H groups in total. The Kier molecular flexibility index (Phi) is 4.19. The molecule has 0 atom stereocenters. The number of allylic oxidation sites excluding steroid dienone is 2. The molecule has 0 saturated carbocycles. The van der Waals surface area contributed by atoms with Crippen LogP contribution in [0.1, 0.15) is 34.6 Å². The highest BCUT2D eigenvalue weighted by molar-refractivity contribution is 8.01. The maximum Gasteiger partial charge on any atom is 0.200 e. The zero-order valence-electron chi connectivity index (χ0n) is 12.8. The smallest absolute Gasteiger partial charge is 0.200 e. The van der Waals surface area contributed by atoms with Gasteiger partial charge >= 0.3 is 0 Å². The summed E-state index contributed by atoms with van der Waals surface area (Å²) >= 11 is 0.655. The molecule has 0 unspecified atom stereocenters. The third kappa shape index (κ3) is 2.19. The lowest BCUT2D eigenvalue weighted by molar-refractivity contribution is 0.360. The van der Waals surface area contributed by atoms with E-state index in [9.17, 15) is 22.0 Å². The number of thioether (sulfide) groups is 1. The molecule has 120 valence electrons. The normalized spacial score (nSPS) is 17.7. The summed E-state index contributed by atoms with van der Waals surface area (Å²) in [7, 11) is 0. The zero-order valence-corrected chi connectivity index (χ0v) is 13.6. The lowest BCUT2D eigenvalue weighted by atomic mass is 9.98. The van der Waals surface area contributed by atoms with E-state index < -0.39 is 38.7 Å². The fraction of sp³-hybridized carbons (Fsp3) is 0.375. The first-order valence-corrected chi connectivity index (χ1v) is 7.42. The molecule has 0 nitrogen and oxygen atoms in total. The first kappa shape index (κ1) is 17.1. The van der Waals surface area contributed by atoms with Crippen LogP contribution in [0.4, 0.5) is 22.0 Å². The van der Waals surface area contributed by atoms with Crippen molar-refractivity contribution in [2.45, 2.75) is 44.3 Å². The van der Waals surface area contributed by atoms with Crippen molar-refractivity contribution in [1.29, 1.82) is 0 Å². The zero-order chi connectivity index (χ0) is 17.0. The van der Waals surface area contributed by atoms with E-state index in [-0.39, 0.29) is 0 Å². The molecule has 0 aromatic heterocycles. The second-order valence-corrected chi connectivity index (χ2v) is 6.96. The summed E-state index contributed by atoms with van der Waals surface area (Å²) in [5.74, 6) is -9.54. The fourth-order valence-electron chi connectivity index (χ4n) is 2.59. The highest BCUT2D eigenvalue weighted by Crippen LogP contribution is 2.52. The third-order valence-electron chi connectivity index (χ3n) is 4.59. The molecule has 1 aliphatic carbocycles. The summed E-state index contributed by atoms with van der Waals surface area (Å²) in [5, 5.41) is 0. The van der Waals surface area contributed by atoms with Gasteiger partial charge in [0.05, 0.1) is 9.64 Å². The van der Waals surface area contributed by atoms with E-state index in [0.29, 0.717) is 11.8 Å². The second-order valence-electron chi connectivity index (χ2n) is 5.53. The molecule has 0 saturated heterocycles. The van der Waals surface area contributed by atoms with E-state index in [0.717, 1.165) is 22.3 Å². The Balaban J connectivity index is 2.63. The molecule has 2 rings (SSSR count). The average Bonchev–Trinajstić information content (AvgIpc) is 2.64. The van der Waals surface area contributed by atoms with Crippen LogP contribution in [0.3, 0.4) is 0 Å². The highest BCUT2D eigenvalue weighted by Gasteiger charge is 2.40. The van der Waals surface area contributed by atoms with Gasteiger partial charge in [-0.1, -0.05) is 0 Å². The molecule has 0 bridgehead atoms. The third-order valence-corrected chi connectivity index (χ3v) is 6.18. The average molecular weight is 334 g/mol. The Labute approximate surface area is 130 Å². The van der Waals surface area contributed by atoms with Crippen LogP contribution >= 0.6 is 11.8 Å². The molecule has 0 amide bonds. The van der Waals surface area contributed by atoms with Crippen molar-refractivity contribution in [3.05, 3.63) is 51.4 Å².